The van der Waals surface area contributed by atoms with Crippen LogP contribution in [0.15, 0.2) is 0 Å². The van der Waals surface area contributed by atoms with Crippen molar-refractivity contribution in [3.8, 4) is 12.3 Å². The predicted octanol–water partition coefficient (Wildman–Crippen LogP) is 0.291. The Bertz CT molecular complexity index is 109. The summed E-state index contributed by atoms with van der Waals surface area (Å²) in [7, 11) is 0. The molecule has 0 atom stereocenters. The molecule has 0 saturated carbocycles. The molecule has 0 aliphatic heterocycles. The van der Waals surface area contributed by atoms with E-state index in [4.69, 9.17) is 12.2 Å². The molecule has 0 aromatic carbocycles. The normalized spacial score (nSPS) is 9.45. The molecule has 0 aromatic rings. The summed E-state index contributed by atoms with van der Waals surface area (Å²) in [5, 5.41) is 3.28. The van der Waals surface area contributed by atoms with Crippen molar-refractivity contribution in [2.24, 2.45) is 5.73 Å². The number of rotatable bonds is 7. The van der Waals surface area contributed by atoms with Crippen LogP contribution in [0.25, 0.3) is 0 Å². The van der Waals surface area contributed by atoms with Crippen LogP contribution in [0.4, 0.5) is 0 Å². The molecule has 3 heteroatoms. The smallest absolute Gasteiger partial charge is 0.0545 e. The summed E-state index contributed by atoms with van der Waals surface area (Å²) in [5.41, 5.74) is 5.32. The Morgan fingerprint density at radius 3 is 2.91 bits per heavy atom. The molecule has 2 nitrogen and oxygen atoms in total. The third-order valence-electron chi connectivity index (χ3n) is 1.17. The maximum Gasteiger partial charge on any atom is 0.0545 e. The fourth-order valence-corrected chi connectivity index (χ4v) is 1.18. The largest absolute Gasteiger partial charge is 0.330 e. The van der Waals surface area contributed by atoms with Gasteiger partial charge in [-0.2, -0.15) is 0 Å². The summed E-state index contributed by atoms with van der Waals surface area (Å²) < 4.78 is 0. The highest BCUT2D eigenvalue weighted by molar-refractivity contribution is 7.99. The van der Waals surface area contributed by atoms with Crippen LogP contribution < -0.4 is 11.1 Å². The van der Waals surface area contributed by atoms with E-state index in [0.717, 1.165) is 37.6 Å². The van der Waals surface area contributed by atoms with Crippen LogP contribution in [0.5, 0.6) is 0 Å². The van der Waals surface area contributed by atoms with E-state index in [1.807, 2.05) is 0 Å². The third kappa shape index (κ3) is 9.83. The summed E-state index contributed by atoms with van der Waals surface area (Å²) in [6.07, 6.45) is 6.14. The monoisotopic (exact) mass is 172 g/mol. The molecule has 0 radical (unpaired) electrons. The SMILES string of the molecule is C#CCSCCNCCCN. The predicted molar refractivity (Wildman–Crippen MR) is 52.7 cm³/mol. The lowest BCUT2D eigenvalue weighted by Crippen LogP contribution is -2.20. The van der Waals surface area contributed by atoms with Crippen molar-refractivity contribution in [1.82, 2.24) is 5.32 Å². The lowest BCUT2D eigenvalue weighted by Gasteiger charge is -2.01. The molecule has 11 heavy (non-hydrogen) atoms. The van der Waals surface area contributed by atoms with Gasteiger partial charge in [0.15, 0.2) is 0 Å². The molecule has 3 N–H and O–H groups in total. The standard InChI is InChI=1S/C8H16N2S/c1-2-7-11-8-6-10-5-3-4-9/h1,10H,3-9H2. The van der Waals surface area contributed by atoms with Gasteiger partial charge >= 0.3 is 0 Å². The van der Waals surface area contributed by atoms with Crippen molar-refractivity contribution in [2.45, 2.75) is 6.42 Å². The summed E-state index contributed by atoms with van der Waals surface area (Å²) >= 11 is 1.78. The number of thioether (sulfide) groups is 1. The van der Waals surface area contributed by atoms with Gasteiger partial charge in [-0.15, -0.1) is 18.2 Å². The summed E-state index contributed by atoms with van der Waals surface area (Å²) in [6.45, 7) is 2.82. The van der Waals surface area contributed by atoms with Crippen molar-refractivity contribution in [3.05, 3.63) is 0 Å². The zero-order valence-corrected chi connectivity index (χ0v) is 7.62. The molecule has 0 amide bonds. The van der Waals surface area contributed by atoms with Crippen molar-refractivity contribution in [1.29, 1.82) is 0 Å². The minimum absolute atomic E-state index is 0.768. The second kappa shape index (κ2) is 9.83. The van der Waals surface area contributed by atoms with Crippen molar-refractivity contribution in [2.75, 3.05) is 31.1 Å². The molecule has 64 valence electrons. The van der Waals surface area contributed by atoms with Crippen LogP contribution in [0, 0.1) is 12.3 Å². The van der Waals surface area contributed by atoms with Gasteiger partial charge in [-0.05, 0) is 19.5 Å². The Labute approximate surface area is 73.3 Å². The van der Waals surface area contributed by atoms with E-state index < -0.39 is 0 Å². The quantitative estimate of drug-likeness (QED) is 0.428. The Kier molecular flexibility index (Phi) is 9.68. The summed E-state index contributed by atoms with van der Waals surface area (Å²) in [4.78, 5) is 0. The van der Waals surface area contributed by atoms with E-state index in [-0.39, 0.29) is 0 Å². The van der Waals surface area contributed by atoms with Gasteiger partial charge < -0.3 is 11.1 Å². The van der Waals surface area contributed by atoms with Crippen LogP contribution in [-0.4, -0.2) is 31.1 Å². The van der Waals surface area contributed by atoms with Crippen molar-refractivity contribution in [3.63, 3.8) is 0 Å². The topological polar surface area (TPSA) is 38.0 Å². The number of nitrogens with two attached hydrogens (primary N) is 1. The molecule has 0 aliphatic rings. The lowest BCUT2D eigenvalue weighted by atomic mass is 10.4. The van der Waals surface area contributed by atoms with E-state index >= 15 is 0 Å². The van der Waals surface area contributed by atoms with Crippen LogP contribution in [-0.2, 0) is 0 Å². The molecule has 0 aromatic heterocycles. The number of hydrogen-bond acceptors (Lipinski definition) is 3. The Morgan fingerprint density at radius 2 is 2.27 bits per heavy atom. The highest BCUT2D eigenvalue weighted by atomic mass is 32.2. The van der Waals surface area contributed by atoms with Gasteiger partial charge in [0, 0.05) is 12.3 Å². The average Bonchev–Trinajstić information content (AvgIpc) is 2.03. The van der Waals surface area contributed by atoms with E-state index in [9.17, 15) is 0 Å². The van der Waals surface area contributed by atoms with Gasteiger partial charge in [-0.1, -0.05) is 5.92 Å². The van der Waals surface area contributed by atoms with Gasteiger partial charge in [0.25, 0.3) is 0 Å². The summed E-state index contributed by atoms with van der Waals surface area (Å²) in [6, 6.07) is 0. The van der Waals surface area contributed by atoms with Gasteiger partial charge in [-0.25, -0.2) is 0 Å². The van der Waals surface area contributed by atoms with E-state index in [1.165, 1.54) is 0 Å². The molecular weight excluding hydrogens is 156 g/mol. The second-order valence-corrected chi connectivity index (χ2v) is 3.25. The second-order valence-electron chi connectivity index (χ2n) is 2.15. The zero-order valence-electron chi connectivity index (χ0n) is 6.81. The number of hydrogen-bond donors (Lipinski definition) is 2. The molecule has 0 bridgehead atoms. The maximum atomic E-state index is 5.32. The van der Waals surface area contributed by atoms with Crippen LogP contribution >= 0.6 is 11.8 Å². The van der Waals surface area contributed by atoms with E-state index in [2.05, 4.69) is 11.2 Å². The minimum Gasteiger partial charge on any atom is -0.330 e. The highest BCUT2D eigenvalue weighted by Crippen LogP contribution is 1.94. The molecule has 0 heterocycles. The first-order chi connectivity index (χ1) is 5.41. The molecule has 0 unspecified atom stereocenters. The molecule has 0 aliphatic carbocycles. The Morgan fingerprint density at radius 1 is 1.45 bits per heavy atom. The first-order valence-corrected chi connectivity index (χ1v) is 4.99. The summed E-state index contributed by atoms with van der Waals surface area (Å²) in [5.74, 6) is 4.50. The molecule has 0 saturated heterocycles. The van der Waals surface area contributed by atoms with Gasteiger partial charge in [-0.3, -0.25) is 0 Å². The minimum atomic E-state index is 0.768. The first-order valence-electron chi connectivity index (χ1n) is 3.83. The van der Waals surface area contributed by atoms with Crippen molar-refractivity contribution < 1.29 is 0 Å². The Hall–Kier alpha value is -0.170. The zero-order chi connectivity index (χ0) is 8.36. The lowest BCUT2D eigenvalue weighted by molar-refractivity contribution is 0.683. The number of terminal acetylenes is 1. The van der Waals surface area contributed by atoms with Gasteiger partial charge in [0.2, 0.25) is 0 Å². The van der Waals surface area contributed by atoms with Crippen molar-refractivity contribution >= 4 is 11.8 Å². The fraction of sp³-hybridized carbons (Fsp3) is 0.750. The third-order valence-corrected chi connectivity index (χ3v) is 2.03. The van der Waals surface area contributed by atoms with Gasteiger partial charge in [0.05, 0.1) is 5.75 Å². The van der Waals surface area contributed by atoms with Crippen LogP contribution in [0.3, 0.4) is 0 Å². The van der Waals surface area contributed by atoms with Gasteiger partial charge in [0.1, 0.15) is 0 Å². The molecule has 0 spiro atoms. The van der Waals surface area contributed by atoms with E-state index in [1.54, 1.807) is 11.8 Å². The Balaban J connectivity index is 2.75. The molecule has 0 fully saturated rings. The van der Waals surface area contributed by atoms with E-state index in [0.29, 0.717) is 0 Å². The highest BCUT2D eigenvalue weighted by Gasteiger charge is 1.86. The molecule has 0 rings (SSSR count). The first kappa shape index (κ1) is 10.8. The fourth-order valence-electron chi connectivity index (χ4n) is 0.627. The number of nitrogens with one attached hydrogen (secondary N) is 1. The average molecular weight is 172 g/mol. The molecular formula is C8H16N2S. The van der Waals surface area contributed by atoms with Crippen LogP contribution in [0.1, 0.15) is 6.42 Å². The maximum absolute atomic E-state index is 5.32. The van der Waals surface area contributed by atoms with Crippen LogP contribution in [0.2, 0.25) is 0 Å².